The number of carboxylic acid groups (broad SMARTS) is 1. The molecule has 21 heteroatoms. The average Bonchev–Trinajstić information content (AvgIpc) is 3.34. The molecule has 0 aromatic heterocycles. The van der Waals surface area contributed by atoms with Crippen LogP contribution in [0.1, 0.15) is 127 Å². The van der Waals surface area contributed by atoms with Crippen LogP contribution in [0.2, 0.25) is 0 Å². The molecular weight excluding hydrogens is 985 g/mol. The highest BCUT2D eigenvalue weighted by Crippen LogP contribution is 2.76. The first-order valence-electron chi connectivity index (χ1n) is 27.5. The summed E-state index contributed by atoms with van der Waals surface area (Å²) in [4.78, 5) is 12.6. The number of carboxylic acids is 1. The van der Waals surface area contributed by atoms with Crippen molar-refractivity contribution < 1.29 is 104 Å². The molecule has 5 aliphatic carbocycles. The Morgan fingerprint density at radius 3 is 1.69 bits per heavy atom. The predicted octanol–water partition coefficient (Wildman–Crippen LogP) is 0.584. The molecule has 0 unspecified atom stereocenters. The Morgan fingerprint density at radius 1 is 0.560 bits per heavy atom. The van der Waals surface area contributed by atoms with Gasteiger partial charge >= 0.3 is 5.97 Å². The summed E-state index contributed by atoms with van der Waals surface area (Å²) in [5.41, 5.74) is 0.00907. The molecule has 430 valence electrons. The van der Waals surface area contributed by atoms with Crippen molar-refractivity contribution in [1.29, 1.82) is 0 Å². The van der Waals surface area contributed by atoms with Crippen molar-refractivity contribution in [2.45, 2.75) is 262 Å². The second-order valence-corrected chi connectivity index (χ2v) is 26.6. The molecule has 4 saturated carbocycles. The number of ether oxygens (including phenoxy) is 8. The molecule has 0 aromatic carbocycles. The third-order valence-electron chi connectivity index (χ3n) is 21.4. The maximum absolute atomic E-state index is 12.6. The Hall–Kier alpha value is -1.55. The van der Waals surface area contributed by atoms with Crippen LogP contribution in [-0.4, -0.2) is 209 Å². The number of hydrogen-bond acceptors (Lipinski definition) is 20. The average molecular weight is 1070 g/mol. The summed E-state index contributed by atoms with van der Waals surface area (Å²) in [6.45, 7) is 20.7. The SMILES string of the molecule is C[C@@H]1O[C@@H](O[C@H]2[C@H](O[C@H]3[C@H](O[C@H]4CC[C@]5(C)[C@H]6CC=C7[C@@H]8CC(C)(C)C[C@@H](O[C@@H]9O[C@@H](C)[C@H](O)[C@@H](O)[C@H]9O)[C@]8(C)CC[C@@]7(C)[C@]6(C)CC[C@H]5C4(C)C)O[C@H](C(=O)O)[C@@H](O)[C@@H]3O)O[C@H](CO)[C@H](O)[C@@H]2O)[C@H](O)[C@H](O)[C@H]1O. The van der Waals surface area contributed by atoms with Crippen molar-refractivity contribution in [3.05, 3.63) is 11.6 Å². The van der Waals surface area contributed by atoms with E-state index in [1.807, 2.05) is 0 Å². The van der Waals surface area contributed by atoms with Crippen LogP contribution in [0.25, 0.3) is 0 Å². The summed E-state index contributed by atoms with van der Waals surface area (Å²) in [6, 6.07) is 0. The highest BCUT2D eigenvalue weighted by Gasteiger charge is 2.70. The molecule has 9 aliphatic rings. The van der Waals surface area contributed by atoms with Gasteiger partial charge in [0.2, 0.25) is 0 Å². The van der Waals surface area contributed by atoms with Crippen molar-refractivity contribution in [1.82, 2.24) is 0 Å². The van der Waals surface area contributed by atoms with Crippen molar-refractivity contribution >= 4 is 5.97 Å². The van der Waals surface area contributed by atoms with Gasteiger partial charge in [0.05, 0.1) is 31.0 Å². The first kappa shape index (κ1) is 58.1. The number of hydrogen-bond donors (Lipinski definition) is 12. The normalized spacial score (nSPS) is 55.6. The lowest BCUT2D eigenvalue weighted by molar-refractivity contribution is -0.395. The Kier molecular flexibility index (Phi) is 15.9. The van der Waals surface area contributed by atoms with E-state index in [1.54, 1.807) is 6.92 Å². The molecule has 0 spiro atoms. The van der Waals surface area contributed by atoms with E-state index in [9.17, 15) is 66.1 Å². The molecule has 75 heavy (non-hydrogen) atoms. The molecule has 12 N–H and O–H groups in total. The van der Waals surface area contributed by atoms with Crippen LogP contribution in [0, 0.1) is 50.2 Å². The minimum atomic E-state index is -2.05. The minimum absolute atomic E-state index is 0.0899. The molecule has 29 atom stereocenters. The second-order valence-electron chi connectivity index (χ2n) is 26.6. The molecule has 0 radical (unpaired) electrons. The molecule has 0 bridgehead atoms. The van der Waals surface area contributed by atoms with Crippen molar-refractivity contribution in [2.75, 3.05) is 6.61 Å². The van der Waals surface area contributed by atoms with E-state index < -0.39 is 147 Å². The Bertz CT molecular complexity index is 2090. The van der Waals surface area contributed by atoms with Gasteiger partial charge in [0, 0.05) is 5.41 Å². The number of aliphatic carboxylic acids is 1. The molecule has 0 aromatic rings. The molecule has 21 nitrogen and oxygen atoms in total. The summed E-state index contributed by atoms with van der Waals surface area (Å²) in [5.74, 6) is -1.04. The van der Waals surface area contributed by atoms with Crippen LogP contribution in [0.5, 0.6) is 0 Å². The van der Waals surface area contributed by atoms with Gasteiger partial charge in [-0.05, 0) is 116 Å². The number of aliphatic hydroxyl groups excluding tert-OH is 11. The lowest BCUT2D eigenvalue weighted by Crippen LogP contribution is -2.68. The lowest BCUT2D eigenvalue weighted by atomic mass is 9.33. The first-order valence-corrected chi connectivity index (χ1v) is 27.5. The van der Waals surface area contributed by atoms with Crippen molar-refractivity contribution in [3.63, 3.8) is 0 Å². The third kappa shape index (κ3) is 9.41. The van der Waals surface area contributed by atoms with Crippen molar-refractivity contribution in [2.24, 2.45) is 50.2 Å². The van der Waals surface area contributed by atoms with Gasteiger partial charge in [0.15, 0.2) is 31.3 Å². The maximum Gasteiger partial charge on any atom is 0.335 e. The summed E-state index contributed by atoms with van der Waals surface area (Å²) in [5, 5.41) is 129. The number of rotatable bonds is 10. The Labute approximate surface area is 439 Å². The monoisotopic (exact) mass is 1070 g/mol. The zero-order valence-electron chi connectivity index (χ0n) is 45.1. The minimum Gasteiger partial charge on any atom is -0.479 e. The third-order valence-corrected chi connectivity index (χ3v) is 21.4. The van der Waals surface area contributed by atoms with E-state index in [0.29, 0.717) is 6.42 Å². The van der Waals surface area contributed by atoms with Crippen LogP contribution in [0.15, 0.2) is 11.6 Å². The largest absolute Gasteiger partial charge is 0.479 e. The van der Waals surface area contributed by atoms with Crippen LogP contribution in [0.4, 0.5) is 0 Å². The quantitative estimate of drug-likeness (QED) is 0.105. The van der Waals surface area contributed by atoms with Gasteiger partial charge in [-0.3, -0.25) is 0 Å². The van der Waals surface area contributed by atoms with Gasteiger partial charge in [-0.25, -0.2) is 4.79 Å². The fourth-order valence-corrected chi connectivity index (χ4v) is 16.6. The van der Waals surface area contributed by atoms with E-state index in [2.05, 4.69) is 61.5 Å². The van der Waals surface area contributed by atoms with E-state index in [4.69, 9.17) is 37.9 Å². The van der Waals surface area contributed by atoms with Crippen LogP contribution in [0.3, 0.4) is 0 Å². The maximum atomic E-state index is 12.6. The van der Waals surface area contributed by atoms with Gasteiger partial charge in [-0.2, -0.15) is 0 Å². The lowest BCUT2D eigenvalue weighted by Gasteiger charge is -2.72. The second kappa shape index (κ2) is 20.5. The summed E-state index contributed by atoms with van der Waals surface area (Å²) in [7, 11) is 0. The van der Waals surface area contributed by atoms with E-state index >= 15 is 0 Å². The Balaban J connectivity index is 0.965. The number of allylic oxidation sites excluding steroid dienone is 2. The van der Waals surface area contributed by atoms with E-state index in [-0.39, 0.29) is 50.9 Å². The first-order chi connectivity index (χ1) is 34.9. The number of carbonyl (C=O) groups is 1. The molecule has 4 aliphatic heterocycles. The highest BCUT2D eigenvalue weighted by molar-refractivity contribution is 5.73. The molecule has 0 amide bonds. The molecule has 4 saturated heterocycles. The summed E-state index contributed by atoms with van der Waals surface area (Å²) >= 11 is 0. The summed E-state index contributed by atoms with van der Waals surface area (Å²) in [6.07, 6.45) is -22.8. The Morgan fingerprint density at radius 2 is 1.11 bits per heavy atom. The predicted molar refractivity (Wildman–Crippen MR) is 260 cm³/mol. The zero-order chi connectivity index (χ0) is 55.0. The van der Waals surface area contributed by atoms with E-state index in [0.717, 1.165) is 51.4 Å². The zero-order valence-corrected chi connectivity index (χ0v) is 45.1. The van der Waals surface area contributed by atoms with Gasteiger partial charge < -0.3 is 99.2 Å². The highest BCUT2D eigenvalue weighted by atomic mass is 16.8. The molecule has 8 fully saturated rings. The van der Waals surface area contributed by atoms with Gasteiger partial charge in [0.1, 0.15) is 79.4 Å². The molecule has 4 heterocycles. The fourth-order valence-electron chi connectivity index (χ4n) is 16.6. The summed E-state index contributed by atoms with van der Waals surface area (Å²) < 4.78 is 49.3. The van der Waals surface area contributed by atoms with Crippen LogP contribution in [-0.2, 0) is 42.7 Å². The number of aliphatic hydroxyl groups is 11. The van der Waals surface area contributed by atoms with Crippen LogP contribution >= 0.6 is 0 Å². The standard InChI is InChI=1S/C54H88O21/c1-22-31(56)34(59)39(64)45(68-22)72-30-20-49(3,4)19-25-24-11-12-28-52(8)15-14-29(50(5,6)27(52)13-16-54(28,10)53(24,9)18-17-51(25,30)7)71-48-43(38(63)37(62)41(73-48)44(66)67)75-47-42(36(61)33(58)26(21-55)70-47)74-46-40(65)35(60)32(57)23(2)69-46/h11,22-23,25-43,45-48,55-65H,12-21H2,1-10H3,(H,66,67)/t22-,23-,25-,26+,27-,28+,29-,30+,31-,32-,33-,34+,35+,36-,37-,38-,39+,40+,41-,42+,43+,45-,46-,47-,48+,51+,52-,53+,54+/m0/s1. The number of fused-ring (bicyclic) bond motifs is 7. The van der Waals surface area contributed by atoms with Crippen molar-refractivity contribution in [3.8, 4) is 0 Å². The molecule has 9 rings (SSSR count). The van der Waals surface area contributed by atoms with Gasteiger partial charge in [0.25, 0.3) is 0 Å². The van der Waals surface area contributed by atoms with Crippen LogP contribution < -0.4 is 0 Å². The smallest absolute Gasteiger partial charge is 0.335 e. The fraction of sp³-hybridized carbons (Fsp3) is 0.944. The molecular formula is C54H88O21. The van der Waals surface area contributed by atoms with E-state index in [1.165, 1.54) is 12.5 Å². The topological polar surface area (TPSA) is 334 Å². The van der Waals surface area contributed by atoms with Gasteiger partial charge in [-0.15, -0.1) is 0 Å². The van der Waals surface area contributed by atoms with Gasteiger partial charge in [-0.1, -0.05) is 67.0 Å².